The summed E-state index contributed by atoms with van der Waals surface area (Å²) in [5.41, 5.74) is 2.12. The monoisotopic (exact) mass is 357 g/mol. The van der Waals surface area contributed by atoms with Crippen molar-refractivity contribution in [3.8, 4) is 0 Å². The molecular formula is C18H16FN3O2S. The number of carbonyl (C=O) groups is 1. The predicted molar refractivity (Wildman–Crippen MR) is 93.0 cm³/mol. The minimum absolute atomic E-state index is 0.218. The number of nitrogens with zero attached hydrogens (tertiary/aromatic N) is 2. The third-order valence-corrected chi connectivity index (χ3v) is 5.09. The van der Waals surface area contributed by atoms with Crippen LogP contribution in [-0.4, -0.2) is 22.3 Å². The van der Waals surface area contributed by atoms with Gasteiger partial charge in [-0.2, -0.15) is 0 Å². The zero-order chi connectivity index (χ0) is 17.2. The molecule has 1 aliphatic heterocycles. The van der Waals surface area contributed by atoms with Gasteiger partial charge in [-0.15, -0.1) is 11.3 Å². The number of rotatable bonds is 4. The van der Waals surface area contributed by atoms with E-state index in [0.717, 1.165) is 42.2 Å². The van der Waals surface area contributed by atoms with E-state index < -0.39 is 0 Å². The molecule has 1 amide bonds. The third-order valence-electron chi connectivity index (χ3n) is 4.10. The van der Waals surface area contributed by atoms with Crippen molar-refractivity contribution in [2.45, 2.75) is 19.5 Å². The van der Waals surface area contributed by atoms with Crippen LogP contribution in [0.3, 0.4) is 0 Å². The molecule has 1 aromatic carbocycles. The third kappa shape index (κ3) is 3.62. The Morgan fingerprint density at radius 3 is 2.92 bits per heavy atom. The van der Waals surface area contributed by atoms with Gasteiger partial charge in [-0.1, -0.05) is 12.1 Å². The predicted octanol–water partition coefficient (Wildman–Crippen LogP) is 3.69. The second-order valence-electron chi connectivity index (χ2n) is 5.91. The largest absolute Gasteiger partial charge is 0.459 e. The zero-order valence-electron chi connectivity index (χ0n) is 13.4. The highest BCUT2D eigenvalue weighted by Gasteiger charge is 2.22. The van der Waals surface area contributed by atoms with Gasteiger partial charge >= 0.3 is 0 Å². The molecule has 0 saturated carbocycles. The highest BCUT2D eigenvalue weighted by atomic mass is 32.1. The van der Waals surface area contributed by atoms with Crippen LogP contribution in [0, 0.1) is 5.82 Å². The Morgan fingerprint density at radius 1 is 1.32 bits per heavy atom. The number of carbonyl (C=O) groups excluding carboxylic acids is 1. The van der Waals surface area contributed by atoms with Gasteiger partial charge in [0.25, 0.3) is 5.91 Å². The van der Waals surface area contributed by atoms with Gasteiger partial charge in [0.2, 0.25) is 0 Å². The Hall–Kier alpha value is -2.51. The standard InChI is InChI=1S/C18H16FN3O2S/c19-13-5-3-12(4-6-13)10-22-8-7-14-16(11-22)25-18(20-14)21-17(23)15-2-1-9-24-15/h1-6,9H,7-8,10-11H2,(H,20,21,23). The molecular weight excluding hydrogens is 341 g/mol. The van der Waals surface area contributed by atoms with E-state index >= 15 is 0 Å². The Morgan fingerprint density at radius 2 is 2.16 bits per heavy atom. The molecule has 0 unspecified atom stereocenters. The Labute approximate surface area is 148 Å². The number of aromatic nitrogens is 1. The smallest absolute Gasteiger partial charge is 0.293 e. The fraction of sp³-hybridized carbons (Fsp3) is 0.222. The summed E-state index contributed by atoms with van der Waals surface area (Å²) in [4.78, 5) is 20.0. The first kappa shape index (κ1) is 16.0. The number of nitrogens with one attached hydrogen (secondary N) is 1. The molecule has 1 aliphatic rings. The summed E-state index contributed by atoms with van der Waals surface area (Å²) >= 11 is 1.49. The lowest BCUT2D eigenvalue weighted by atomic mass is 10.1. The van der Waals surface area contributed by atoms with Crippen LogP contribution in [0.5, 0.6) is 0 Å². The lowest BCUT2D eigenvalue weighted by Crippen LogP contribution is -2.29. The summed E-state index contributed by atoms with van der Waals surface area (Å²) in [6, 6.07) is 9.89. The van der Waals surface area contributed by atoms with Crippen molar-refractivity contribution >= 4 is 22.4 Å². The van der Waals surface area contributed by atoms with Crippen LogP contribution in [0.25, 0.3) is 0 Å². The van der Waals surface area contributed by atoms with Crippen LogP contribution in [0.15, 0.2) is 47.1 Å². The van der Waals surface area contributed by atoms with E-state index in [1.807, 2.05) is 12.1 Å². The van der Waals surface area contributed by atoms with Crippen molar-refractivity contribution in [3.63, 3.8) is 0 Å². The fourth-order valence-corrected chi connectivity index (χ4v) is 3.90. The molecule has 0 fully saturated rings. The SMILES string of the molecule is O=C(Nc1nc2c(s1)CN(Cc1ccc(F)cc1)CC2)c1ccco1. The van der Waals surface area contributed by atoms with Crippen molar-refractivity contribution in [2.24, 2.45) is 0 Å². The average molecular weight is 357 g/mol. The highest BCUT2D eigenvalue weighted by molar-refractivity contribution is 7.15. The minimum Gasteiger partial charge on any atom is -0.459 e. The van der Waals surface area contributed by atoms with E-state index in [-0.39, 0.29) is 17.5 Å². The number of thiazole rings is 1. The summed E-state index contributed by atoms with van der Waals surface area (Å²) in [6.45, 7) is 2.44. The molecule has 2 aromatic heterocycles. The van der Waals surface area contributed by atoms with E-state index in [2.05, 4.69) is 15.2 Å². The molecule has 25 heavy (non-hydrogen) atoms. The van der Waals surface area contributed by atoms with E-state index in [1.54, 1.807) is 12.1 Å². The second-order valence-corrected chi connectivity index (χ2v) is 6.99. The molecule has 5 nitrogen and oxygen atoms in total. The Bertz CT molecular complexity index is 874. The summed E-state index contributed by atoms with van der Waals surface area (Å²) in [7, 11) is 0. The quantitative estimate of drug-likeness (QED) is 0.774. The van der Waals surface area contributed by atoms with E-state index in [9.17, 15) is 9.18 Å². The van der Waals surface area contributed by atoms with Crippen LogP contribution in [-0.2, 0) is 19.5 Å². The van der Waals surface area contributed by atoms with Gasteiger partial charge in [-0.05, 0) is 29.8 Å². The molecule has 128 valence electrons. The van der Waals surface area contributed by atoms with Gasteiger partial charge < -0.3 is 4.42 Å². The summed E-state index contributed by atoms with van der Waals surface area (Å²) in [5, 5.41) is 3.38. The molecule has 3 heterocycles. The minimum atomic E-state index is -0.292. The topological polar surface area (TPSA) is 58.4 Å². The van der Waals surface area contributed by atoms with Gasteiger partial charge in [0.1, 0.15) is 5.82 Å². The van der Waals surface area contributed by atoms with Gasteiger partial charge in [0.05, 0.1) is 12.0 Å². The molecule has 0 atom stereocenters. The number of hydrogen-bond donors (Lipinski definition) is 1. The van der Waals surface area contributed by atoms with E-state index in [1.165, 1.54) is 29.7 Å². The van der Waals surface area contributed by atoms with Crippen molar-refractivity contribution in [1.29, 1.82) is 0 Å². The maximum atomic E-state index is 13.0. The maximum absolute atomic E-state index is 13.0. The highest BCUT2D eigenvalue weighted by Crippen LogP contribution is 2.29. The van der Waals surface area contributed by atoms with Gasteiger partial charge in [-0.3, -0.25) is 15.0 Å². The molecule has 0 spiro atoms. The number of amides is 1. The first-order valence-electron chi connectivity index (χ1n) is 7.97. The molecule has 0 aliphatic carbocycles. The first-order valence-corrected chi connectivity index (χ1v) is 8.79. The normalized spacial score (nSPS) is 14.3. The van der Waals surface area contributed by atoms with Crippen LogP contribution >= 0.6 is 11.3 Å². The summed E-state index contributed by atoms with van der Waals surface area (Å²) in [6.07, 6.45) is 2.30. The zero-order valence-corrected chi connectivity index (χ0v) is 14.2. The van der Waals surface area contributed by atoms with Gasteiger partial charge in [0.15, 0.2) is 10.9 Å². The lowest BCUT2D eigenvalue weighted by molar-refractivity contribution is 0.0996. The number of halogens is 1. The Kier molecular flexibility index (Phi) is 4.33. The number of fused-ring (bicyclic) bond motifs is 1. The van der Waals surface area contributed by atoms with Gasteiger partial charge in [-0.25, -0.2) is 9.37 Å². The Balaban J connectivity index is 1.42. The second kappa shape index (κ2) is 6.78. The number of benzene rings is 1. The molecule has 1 N–H and O–H groups in total. The maximum Gasteiger partial charge on any atom is 0.293 e. The molecule has 0 bridgehead atoms. The van der Waals surface area contributed by atoms with Crippen molar-refractivity contribution < 1.29 is 13.6 Å². The van der Waals surface area contributed by atoms with Crippen molar-refractivity contribution in [1.82, 2.24) is 9.88 Å². The molecule has 3 aromatic rings. The molecule has 7 heteroatoms. The van der Waals surface area contributed by atoms with Crippen LogP contribution in [0.4, 0.5) is 9.52 Å². The summed E-state index contributed by atoms with van der Waals surface area (Å²) in [5.74, 6) is -0.241. The van der Waals surface area contributed by atoms with Crippen LogP contribution in [0.1, 0.15) is 26.7 Å². The number of hydrogen-bond acceptors (Lipinski definition) is 5. The first-order chi connectivity index (χ1) is 12.2. The molecule has 0 radical (unpaired) electrons. The lowest BCUT2D eigenvalue weighted by Gasteiger charge is -2.25. The summed E-state index contributed by atoms with van der Waals surface area (Å²) < 4.78 is 18.1. The van der Waals surface area contributed by atoms with Crippen LogP contribution in [0.2, 0.25) is 0 Å². The fourth-order valence-electron chi connectivity index (χ4n) is 2.85. The van der Waals surface area contributed by atoms with E-state index in [0.29, 0.717) is 5.13 Å². The van der Waals surface area contributed by atoms with Crippen molar-refractivity contribution in [3.05, 3.63) is 70.4 Å². The van der Waals surface area contributed by atoms with Crippen molar-refractivity contribution in [2.75, 3.05) is 11.9 Å². The van der Waals surface area contributed by atoms with Crippen LogP contribution < -0.4 is 5.32 Å². The number of anilines is 1. The molecule has 0 saturated heterocycles. The number of furan rings is 1. The van der Waals surface area contributed by atoms with E-state index in [4.69, 9.17) is 4.42 Å². The average Bonchev–Trinajstić information content (AvgIpc) is 3.26. The van der Waals surface area contributed by atoms with Gasteiger partial charge in [0, 0.05) is 30.9 Å². The molecule has 4 rings (SSSR count).